The first-order valence-electron chi connectivity index (χ1n) is 11.4. The number of ether oxygens (including phenoxy) is 2. The van der Waals surface area contributed by atoms with Crippen LogP contribution in [-0.4, -0.2) is 63.6 Å². The van der Waals surface area contributed by atoms with Crippen molar-refractivity contribution in [2.24, 2.45) is 5.92 Å². The summed E-state index contributed by atoms with van der Waals surface area (Å²) in [7, 11) is 0. The van der Waals surface area contributed by atoms with E-state index < -0.39 is 5.60 Å². The average molecular weight is 458 g/mol. The Morgan fingerprint density at radius 1 is 1.27 bits per heavy atom. The Hall–Kier alpha value is -2.85. The van der Waals surface area contributed by atoms with E-state index in [1.807, 2.05) is 4.68 Å². The Morgan fingerprint density at radius 2 is 2.09 bits per heavy atom. The lowest BCUT2D eigenvalue weighted by molar-refractivity contribution is -0.128. The molecule has 1 N–H and O–H groups in total. The quantitative estimate of drug-likeness (QED) is 0.749. The van der Waals surface area contributed by atoms with Crippen LogP contribution in [0.2, 0.25) is 0 Å². The fraction of sp³-hybridized carbons (Fsp3) is 0.565. The van der Waals surface area contributed by atoms with Crippen LogP contribution in [0.15, 0.2) is 18.2 Å². The van der Waals surface area contributed by atoms with Gasteiger partial charge in [0.05, 0.1) is 31.9 Å². The number of aromatic nitrogens is 3. The van der Waals surface area contributed by atoms with E-state index in [2.05, 4.69) is 15.6 Å². The molecule has 2 fully saturated rings. The summed E-state index contributed by atoms with van der Waals surface area (Å²) in [5, 5.41) is 11.5. The highest BCUT2D eigenvalue weighted by Crippen LogP contribution is 2.33. The van der Waals surface area contributed by atoms with E-state index in [0.29, 0.717) is 69.2 Å². The molecule has 1 atom stereocenters. The van der Waals surface area contributed by atoms with Crippen LogP contribution in [0.25, 0.3) is 0 Å². The van der Waals surface area contributed by atoms with Crippen molar-refractivity contribution in [1.82, 2.24) is 25.2 Å². The van der Waals surface area contributed by atoms with Crippen molar-refractivity contribution in [2.75, 3.05) is 26.3 Å². The smallest absolute Gasteiger partial charge is 0.254 e. The van der Waals surface area contributed by atoms with E-state index in [0.717, 1.165) is 18.5 Å². The van der Waals surface area contributed by atoms with Crippen LogP contribution in [-0.2, 0) is 34.0 Å². The summed E-state index contributed by atoms with van der Waals surface area (Å²) >= 11 is 0. The first-order chi connectivity index (χ1) is 15.9. The zero-order valence-electron chi connectivity index (χ0n) is 18.7. The van der Waals surface area contributed by atoms with Gasteiger partial charge in [0, 0.05) is 31.2 Å². The summed E-state index contributed by atoms with van der Waals surface area (Å²) in [6.45, 7) is 4.96. The maximum atomic E-state index is 13.9. The summed E-state index contributed by atoms with van der Waals surface area (Å²) in [4.78, 5) is 27.0. The molecule has 2 amide bonds. The van der Waals surface area contributed by atoms with Crippen LogP contribution in [0, 0.1) is 18.7 Å². The number of hydrogen-bond acceptors (Lipinski definition) is 6. The normalized spacial score (nSPS) is 23.0. The standard InChI is InChI=1S/C23H28FN5O4/c1-15-2-3-17(10-18(15)24)22(31)28-7-6-23(13-28)14-29-20(12-33-23)19(26-27-29)11-25-21(30)16-4-8-32-9-5-16/h2-3,10,16H,4-9,11-14H2,1H3,(H,25,30). The molecule has 10 heteroatoms. The summed E-state index contributed by atoms with van der Waals surface area (Å²) in [5.41, 5.74) is 1.86. The molecule has 9 nitrogen and oxygen atoms in total. The lowest BCUT2D eigenvalue weighted by Gasteiger charge is -2.34. The predicted molar refractivity (Wildman–Crippen MR) is 115 cm³/mol. The molecule has 2 saturated heterocycles. The number of rotatable bonds is 4. The number of fused-ring (bicyclic) bond motifs is 1. The summed E-state index contributed by atoms with van der Waals surface area (Å²) < 4.78 is 27.3. The third-order valence-electron chi connectivity index (χ3n) is 6.92. The zero-order chi connectivity index (χ0) is 23.0. The molecule has 0 saturated carbocycles. The van der Waals surface area contributed by atoms with Crippen molar-refractivity contribution in [3.63, 3.8) is 0 Å². The van der Waals surface area contributed by atoms with Gasteiger partial charge in [-0.05, 0) is 43.9 Å². The molecule has 0 radical (unpaired) electrons. The van der Waals surface area contributed by atoms with Crippen molar-refractivity contribution in [3.8, 4) is 0 Å². The second-order valence-electron chi connectivity index (χ2n) is 9.16. The summed E-state index contributed by atoms with van der Waals surface area (Å²) in [6, 6.07) is 4.57. The highest BCUT2D eigenvalue weighted by molar-refractivity contribution is 5.94. The third-order valence-corrected chi connectivity index (χ3v) is 6.92. The second-order valence-corrected chi connectivity index (χ2v) is 9.16. The van der Waals surface area contributed by atoms with E-state index in [9.17, 15) is 14.0 Å². The maximum Gasteiger partial charge on any atom is 0.254 e. The van der Waals surface area contributed by atoms with Gasteiger partial charge in [0.25, 0.3) is 5.91 Å². The third kappa shape index (κ3) is 4.37. The summed E-state index contributed by atoms with van der Waals surface area (Å²) in [5.74, 6) is -0.581. The minimum absolute atomic E-state index is 0.0192. The molecule has 0 bridgehead atoms. The first-order valence-corrected chi connectivity index (χ1v) is 11.4. The van der Waals surface area contributed by atoms with Crippen molar-refractivity contribution in [2.45, 2.75) is 51.5 Å². The number of carbonyl (C=O) groups excluding carboxylic acids is 2. The van der Waals surface area contributed by atoms with Gasteiger partial charge in [-0.15, -0.1) is 5.10 Å². The molecular weight excluding hydrogens is 429 g/mol. The Bertz CT molecular complexity index is 1070. The van der Waals surface area contributed by atoms with Crippen LogP contribution in [0.3, 0.4) is 0 Å². The number of aryl methyl sites for hydroxylation is 1. The van der Waals surface area contributed by atoms with E-state index in [-0.39, 0.29) is 23.5 Å². The van der Waals surface area contributed by atoms with Crippen molar-refractivity contribution >= 4 is 11.8 Å². The largest absolute Gasteiger partial charge is 0.381 e. The topological polar surface area (TPSA) is 98.6 Å². The number of hydrogen-bond donors (Lipinski definition) is 1. The molecule has 0 aliphatic carbocycles. The lowest BCUT2D eigenvalue weighted by Crippen LogP contribution is -2.45. The Kier molecular flexibility index (Phi) is 5.88. The van der Waals surface area contributed by atoms with Crippen molar-refractivity contribution in [1.29, 1.82) is 0 Å². The molecule has 4 heterocycles. The Balaban J connectivity index is 1.21. The molecule has 1 spiro atoms. The number of nitrogens with zero attached hydrogens (tertiary/aromatic N) is 4. The van der Waals surface area contributed by atoms with Crippen molar-refractivity contribution in [3.05, 3.63) is 46.5 Å². The Morgan fingerprint density at radius 3 is 2.88 bits per heavy atom. The van der Waals surface area contributed by atoms with Gasteiger partial charge >= 0.3 is 0 Å². The fourth-order valence-electron chi connectivity index (χ4n) is 4.78. The number of halogens is 1. The molecule has 33 heavy (non-hydrogen) atoms. The van der Waals surface area contributed by atoms with E-state index in [1.165, 1.54) is 6.07 Å². The molecule has 3 aliphatic rings. The van der Waals surface area contributed by atoms with Gasteiger partial charge < -0.3 is 19.7 Å². The molecule has 3 aliphatic heterocycles. The van der Waals surface area contributed by atoms with Crippen LogP contribution in [0.1, 0.15) is 46.6 Å². The van der Waals surface area contributed by atoms with Gasteiger partial charge in [0.2, 0.25) is 5.91 Å². The van der Waals surface area contributed by atoms with Gasteiger partial charge in [-0.25, -0.2) is 9.07 Å². The first kappa shape index (κ1) is 22.0. The molecule has 5 rings (SSSR count). The van der Waals surface area contributed by atoms with Gasteiger partial charge in [-0.3, -0.25) is 9.59 Å². The van der Waals surface area contributed by atoms with Crippen LogP contribution < -0.4 is 5.32 Å². The summed E-state index contributed by atoms with van der Waals surface area (Å²) in [6.07, 6.45) is 2.14. The number of carbonyl (C=O) groups is 2. The minimum atomic E-state index is -0.539. The number of nitrogens with one attached hydrogen (secondary N) is 1. The number of amides is 2. The second kappa shape index (κ2) is 8.83. The SMILES string of the molecule is Cc1ccc(C(=O)N2CCC3(C2)Cn2nnc(CNC(=O)C4CCOCC4)c2CO3)cc1F. The highest BCUT2D eigenvalue weighted by Gasteiger charge is 2.45. The Labute approximate surface area is 191 Å². The van der Waals surface area contributed by atoms with Gasteiger partial charge in [-0.2, -0.15) is 0 Å². The monoisotopic (exact) mass is 457 g/mol. The fourth-order valence-corrected chi connectivity index (χ4v) is 4.78. The molecule has 1 aromatic heterocycles. The van der Waals surface area contributed by atoms with Gasteiger partial charge in [-0.1, -0.05) is 11.3 Å². The molecule has 176 valence electrons. The highest BCUT2D eigenvalue weighted by atomic mass is 19.1. The van der Waals surface area contributed by atoms with Gasteiger partial charge in [0.1, 0.15) is 17.1 Å². The van der Waals surface area contributed by atoms with E-state index in [4.69, 9.17) is 9.47 Å². The average Bonchev–Trinajstić information content (AvgIpc) is 3.43. The maximum absolute atomic E-state index is 13.9. The van der Waals surface area contributed by atoms with Gasteiger partial charge in [0.15, 0.2) is 0 Å². The van der Waals surface area contributed by atoms with Crippen LogP contribution >= 0.6 is 0 Å². The van der Waals surface area contributed by atoms with Crippen molar-refractivity contribution < 1.29 is 23.5 Å². The molecular formula is C23H28FN5O4. The number of benzene rings is 1. The minimum Gasteiger partial charge on any atom is -0.381 e. The molecule has 2 aromatic rings. The lowest BCUT2D eigenvalue weighted by atomic mass is 9.99. The number of likely N-dealkylation sites (tertiary alicyclic amines) is 1. The van der Waals surface area contributed by atoms with E-state index >= 15 is 0 Å². The van der Waals surface area contributed by atoms with Crippen LogP contribution in [0.5, 0.6) is 0 Å². The van der Waals surface area contributed by atoms with E-state index in [1.54, 1.807) is 24.0 Å². The zero-order valence-corrected chi connectivity index (χ0v) is 18.7. The van der Waals surface area contributed by atoms with Crippen LogP contribution in [0.4, 0.5) is 4.39 Å². The molecule has 1 unspecified atom stereocenters. The molecule has 1 aromatic carbocycles. The predicted octanol–water partition coefficient (Wildman–Crippen LogP) is 1.58.